The van der Waals surface area contributed by atoms with Crippen molar-refractivity contribution in [1.29, 1.82) is 5.41 Å². The second-order valence-electron chi connectivity index (χ2n) is 8.76. The highest BCUT2D eigenvalue weighted by Gasteiger charge is 2.18. The van der Waals surface area contributed by atoms with Gasteiger partial charge in [0.15, 0.2) is 5.78 Å². The van der Waals surface area contributed by atoms with Crippen molar-refractivity contribution in [2.24, 2.45) is 0 Å². The van der Waals surface area contributed by atoms with Crippen molar-refractivity contribution in [3.8, 4) is 0 Å². The number of fused-ring (bicyclic) bond motifs is 3. The Hall–Kier alpha value is -3.67. The number of aryl methyl sites for hydroxylation is 1. The Balaban J connectivity index is 1.43. The van der Waals surface area contributed by atoms with E-state index in [1.165, 1.54) is 0 Å². The van der Waals surface area contributed by atoms with Gasteiger partial charge in [-0.25, -0.2) is 0 Å². The van der Waals surface area contributed by atoms with Crippen LogP contribution in [0, 0.1) is 5.41 Å². The van der Waals surface area contributed by atoms with Gasteiger partial charge in [-0.15, -0.1) is 11.8 Å². The van der Waals surface area contributed by atoms with Gasteiger partial charge in [0.2, 0.25) is 5.78 Å². The number of nitrogens with zero attached hydrogens (tertiary/aromatic N) is 1. The summed E-state index contributed by atoms with van der Waals surface area (Å²) >= 11 is 7.54. The zero-order chi connectivity index (χ0) is 25.9. The summed E-state index contributed by atoms with van der Waals surface area (Å²) in [4.78, 5) is 27.3. The lowest BCUT2D eigenvalue weighted by atomic mass is 9.99. The first-order chi connectivity index (χ1) is 18.0. The van der Waals surface area contributed by atoms with E-state index >= 15 is 0 Å². The Kier molecular flexibility index (Phi) is 7.26. The van der Waals surface area contributed by atoms with Gasteiger partial charge in [-0.3, -0.25) is 9.59 Å². The van der Waals surface area contributed by atoms with E-state index in [9.17, 15) is 9.59 Å². The van der Waals surface area contributed by atoms with Crippen LogP contribution < -0.4 is 0 Å². The molecular formula is C31H25ClN2O2S. The Morgan fingerprint density at radius 2 is 1.43 bits per heavy atom. The third-order valence-corrected chi connectivity index (χ3v) is 7.72. The van der Waals surface area contributed by atoms with Gasteiger partial charge in [0, 0.05) is 67.1 Å². The van der Waals surface area contributed by atoms with Crippen LogP contribution >= 0.6 is 23.4 Å². The highest BCUT2D eigenvalue weighted by Crippen LogP contribution is 2.31. The molecule has 0 aliphatic carbocycles. The fraction of sp³-hybridized carbons (Fsp3) is 0.129. The number of hydrogen-bond donors (Lipinski definition) is 1. The Morgan fingerprint density at radius 3 is 2.08 bits per heavy atom. The van der Waals surface area contributed by atoms with Crippen molar-refractivity contribution in [2.45, 2.75) is 24.8 Å². The summed E-state index contributed by atoms with van der Waals surface area (Å²) in [6, 6.07) is 28.1. The van der Waals surface area contributed by atoms with Gasteiger partial charge in [0.05, 0.1) is 5.71 Å². The molecule has 0 radical (unpaired) electrons. The molecule has 1 aromatic heterocycles. The van der Waals surface area contributed by atoms with E-state index in [1.54, 1.807) is 17.8 Å². The van der Waals surface area contributed by atoms with Crippen molar-refractivity contribution < 1.29 is 9.59 Å². The lowest BCUT2D eigenvalue weighted by Gasteiger charge is -2.06. The maximum absolute atomic E-state index is 13.1. The molecule has 0 saturated heterocycles. The number of halogens is 1. The summed E-state index contributed by atoms with van der Waals surface area (Å²) in [5.41, 5.74) is 3.84. The summed E-state index contributed by atoms with van der Waals surface area (Å²) < 4.78 is 2.18. The van der Waals surface area contributed by atoms with E-state index in [1.807, 2.05) is 84.9 Å². The van der Waals surface area contributed by atoms with Gasteiger partial charge < -0.3 is 9.98 Å². The number of nitrogens with one attached hydrogen (secondary N) is 1. The standard InChI is InChI=1S/C31H25ClN2O2S/c1-2-34-28-14-8-21(30(35)20-6-4-3-5-7-20)18-25(28)26-19-22(9-15-29(26)34)31(36)27(33)16-17-37-24-12-10-23(32)11-13-24/h3-15,18-19,33H,2,16-17H2,1H3. The van der Waals surface area contributed by atoms with Gasteiger partial charge in [0.25, 0.3) is 0 Å². The Morgan fingerprint density at radius 1 is 0.811 bits per heavy atom. The molecule has 4 aromatic carbocycles. The number of benzene rings is 4. The van der Waals surface area contributed by atoms with Crippen LogP contribution in [0.2, 0.25) is 5.02 Å². The van der Waals surface area contributed by atoms with Crippen molar-refractivity contribution in [2.75, 3.05) is 5.75 Å². The first kappa shape index (κ1) is 25.0. The normalized spacial score (nSPS) is 11.2. The van der Waals surface area contributed by atoms with Crippen LogP contribution in [0.15, 0.2) is 95.9 Å². The van der Waals surface area contributed by atoms with E-state index in [-0.39, 0.29) is 17.3 Å². The molecule has 1 heterocycles. The highest BCUT2D eigenvalue weighted by atomic mass is 35.5. The molecule has 0 fully saturated rings. The van der Waals surface area contributed by atoms with Gasteiger partial charge in [-0.1, -0.05) is 41.9 Å². The number of aromatic nitrogens is 1. The number of Topliss-reactive ketones (excluding diaryl/α,β-unsaturated/α-hetero) is 1. The van der Waals surface area contributed by atoms with Crippen molar-refractivity contribution in [1.82, 2.24) is 4.57 Å². The van der Waals surface area contributed by atoms with Gasteiger partial charge in [0.1, 0.15) is 0 Å². The molecule has 0 aliphatic rings. The lowest BCUT2D eigenvalue weighted by molar-refractivity contribution is 0.103. The van der Waals surface area contributed by atoms with Crippen LogP contribution in [0.4, 0.5) is 0 Å². The summed E-state index contributed by atoms with van der Waals surface area (Å²) in [5.74, 6) is 0.328. The smallest absolute Gasteiger partial charge is 0.206 e. The molecule has 0 atom stereocenters. The van der Waals surface area contributed by atoms with E-state index < -0.39 is 0 Å². The Labute approximate surface area is 224 Å². The van der Waals surface area contributed by atoms with E-state index in [0.29, 0.717) is 33.9 Å². The maximum atomic E-state index is 13.1. The second kappa shape index (κ2) is 10.8. The first-order valence-electron chi connectivity index (χ1n) is 12.1. The average molecular weight is 525 g/mol. The fourth-order valence-electron chi connectivity index (χ4n) is 4.57. The molecule has 5 aromatic rings. The van der Waals surface area contributed by atoms with Crippen LogP contribution in [0.1, 0.15) is 39.6 Å². The molecule has 0 amide bonds. The lowest BCUT2D eigenvalue weighted by Crippen LogP contribution is -2.14. The molecule has 37 heavy (non-hydrogen) atoms. The van der Waals surface area contributed by atoms with Gasteiger partial charge in [-0.05, 0) is 67.6 Å². The van der Waals surface area contributed by atoms with Crippen LogP contribution in [0.5, 0.6) is 0 Å². The van der Waals surface area contributed by atoms with Crippen LogP contribution in [0.25, 0.3) is 21.8 Å². The first-order valence-corrected chi connectivity index (χ1v) is 13.5. The van der Waals surface area contributed by atoms with E-state index in [2.05, 4.69) is 11.5 Å². The van der Waals surface area contributed by atoms with Crippen LogP contribution in [0.3, 0.4) is 0 Å². The van der Waals surface area contributed by atoms with Crippen molar-refractivity contribution in [3.05, 3.63) is 113 Å². The Bertz CT molecular complexity index is 1640. The minimum Gasteiger partial charge on any atom is -0.341 e. The van der Waals surface area contributed by atoms with Crippen LogP contribution in [-0.2, 0) is 6.54 Å². The van der Waals surface area contributed by atoms with E-state index in [0.717, 1.165) is 33.2 Å². The number of carbonyl (C=O) groups excluding carboxylic acids is 2. The molecule has 0 spiro atoms. The summed E-state index contributed by atoms with van der Waals surface area (Å²) in [5, 5.41) is 10.9. The second-order valence-corrected chi connectivity index (χ2v) is 10.4. The predicted octanol–water partition coefficient (Wildman–Crippen LogP) is 8.08. The van der Waals surface area contributed by atoms with E-state index in [4.69, 9.17) is 17.0 Å². The molecule has 1 N–H and O–H groups in total. The molecule has 0 saturated carbocycles. The number of hydrogen-bond acceptors (Lipinski definition) is 4. The molecule has 6 heteroatoms. The topological polar surface area (TPSA) is 62.9 Å². The van der Waals surface area contributed by atoms with Gasteiger partial charge in [-0.2, -0.15) is 0 Å². The third kappa shape index (κ3) is 5.10. The number of ketones is 2. The molecule has 0 aliphatic heterocycles. The molecule has 0 unspecified atom stereocenters. The maximum Gasteiger partial charge on any atom is 0.206 e. The third-order valence-electron chi connectivity index (χ3n) is 6.45. The number of carbonyl (C=O) groups is 2. The molecular weight excluding hydrogens is 500 g/mol. The van der Waals surface area contributed by atoms with Crippen LogP contribution in [-0.4, -0.2) is 27.6 Å². The van der Waals surface area contributed by atoms with Crippen molar-refractivity contribution >= 4 is 62.4 Å². The summed E-state index contributed by atoms with van der Waals surface area (Å²) in [6.07, 6.45) is 0.372. The number of thioether (sulfide) groups is 1. The quantitative estimate of drug-likeness (QED) is 0.120. The molecule has 4 nitrogen and oxygen atoms in total. The highest BCUT2D eigenvalue weighted by molar-refractivity contribution is 7.99. The zero-order valence-electron chi connectivity index (χ0n) is 20.3. The van der Waals surface area contributed by atoms with Crippen molar-refractivity contribution in [3.63, 3.8) is 0 Å². The average Bonchev–Trinajstić information content (AvgIpc) is 3.25. The van der Waals surface area contributed by atoms with Gasteiger partial charge >= 0.3 is 0 Å². The minimum atomic E-state index is -0.271. The SMILES string of the molecule is CCn1c2ccc(C(=O)C(=N)CCSc3ccc(Cl)cc3)cc2c2cc(C(=O)c3ccccc3)ccc21. The zero-order valence-corrected chi connectivity index (χ0v) is 21.9. The molecule has 5 rings (SSSR count). The largest absolute Gasteiger partial charge is 0.341 e. The summed E-state index contributed by atoms with van der Waals surface area (Å²) in [6.45, 7) is 2.84. The fourth-order valence-corrected chi connectivity index (χ4v) is 5.57. The monoisotopic (exact) mass is 524 g/mol. The predicted molar refractivity (Wildman–Crippen MR) is 154 cm³/mol. The molecule has 184 valence electrons. The molecule has 0 bridgehead atoms. The minimum absolute atomic E-state index is 0.0351. The number of rotatable bonds is 9. The summed E-state index contributed by atoms with van der Waals surface area (Å²) in [7, 11) is 0.